The Kier molecular flexibility index (Phi) is 3.41. The molecule has 0 fully saturated rings. The van der Waals surface area contributed by atoms with Crippen LogP contribution in [0.5, 0.6) is 11.5 Å². The fourth-order valence-corrected chi connectivity index (χ4v) is 3.52. The summed E-state index contributed by atoms with van der Waals surface area (Å²) in [6.45, 7) is 0. The second kappa shape index (κ2) is 5.46. The molecule has 0 unspecified atom stereocenters. The third-order valence-electron chi connectivity index (χ3n) is 4.21. The first-order valence-electron chi connectivity index (χ1n) is 7.39. The molecule has 0 saturated heterocycles. The van der Waals surface area contributed by atoms with Gasteiger partial charge in [0, 0.05) is 22.6 Å². The smallest absolute Gasteiger partial charge is 0.312 e. The zero-order chi connectivity index (χ0) is 19.5. The average Bonchev–Trinajstić information content (AvgIpc) is 2.54. The highest BCUT2D eigenvalue weighted by molar-refractivity contribution is 7.85. The number of fused-ring (bicyclic) bond motifs is 3. The molecule has 1 heterocycles. The van der Waals surface area contributed by atoms with Crippen LogP contribution in [0, 0.1) is 10.1 Å². The van der Waals surface area contributed by atoms with Crippen LogP contribution in [-0.4, -0.2) is 28.1 Å². The van der Waals surface area contributed by atoms with Crippen LogP contribution < -0.4 is 0 Å². The maximum Gasteiger partial charge on any atom is 0.312 e. The number of hydrogen-bond donors (Lipinski definition) is 3. The second-order valence-corrected chi connectivity index (χ2v) is 7.16. The Hall–Kier alpha value is -3.57. The number of hydrogen-bond acceptors (Lipinski definition) is 8. The van der Waals surface area contributed by atoms with Gasteiger partial charge in [-0.2, -0.15) is 8.42 Å². The fraction of sp³-hybridized carbons (Fsp3) is 0. The van der Waals surface area contributed by atoms with Crippen molar-refractivity contribution in [2.24, 2.45) is 10.2 Å². The number of aromatic hydroxyl groups is 2. The number of nitro benzene ring substituents is 1. The molecule has 0 spiro atoms. The molecule has 1 aliphatic rings. The molecule has 3 aromatic rings. The second-order valence-electron chi connectivity index (χ2n) is 5.74. The molecule has 136 valence electrons. The van der Waals surface area contributed by atoms with Crippen LogP contribution in [0.4, 0.5) is 17.1 Å². The molecular weight excluding hydrogens is 378 g/mol. The highest BCUT2D eigenvalue weighted by atomic mass is 32.2. The van der Waals surface area contributed by atoms with E-state index in [0.717, 1.165) is 6.07 Å². The van der Waals surface area contributed by atoms with Gasteiger partial charge in [-0.05, 0) is 11.5 Å². The van der Waals surface area contributed by atoms with Gasteiger partial charge in [-0.15, -0.1) is 10.2 Å². The molecule has 0 bridgehead atoms. The van der Waals surface area contributed by atoms with Crippen molar-refractivity contribution < 1.29 is 28.1 Å². The Morgan fingerprint density at radius 3 is 2.15 bits per heavy atom. The van der Waals surface area contributed by atoms with Crippen molar-refractivity contribution in [1.82, 2.24) is 0 Å². The highest BCUT2D eigenvalue weighted by Crippen LogP contribution is 2.56. The van der Waals surface area contributed by atoms with E-state index >= 15 is 0 Å². The van der Waals surface area contributed by atoms with E-state index in [2.05, 4.69) is 10.2 Å². The van der Waals surface area contributed by atoms with Crippen LogP contribution in [0.3, 0.4) is 0 Å². The monoisotopic (exact) mass is 387 g/mol. The predicted molar refractivity (Wildman–Crippen MR) is 93.4 cm³/mol. The molecule has 0 amide bonds. The van der Waals surface area contributed by atoms with E-state index in [0.29, 0.717) is 22.5 Å². The maximum atomic E-state index is 11.5. The number of azo groups is 1. The van der Waals surface area contributed by atoms with Gasteiger partial charge in [0.15, 0.2) is 11.4 Å². The third-order valence-corrected chi connectivity index (χ3v) is 5.05. The van der Waals surface area contributed by atoms with Gasteiger partial charge in [0.25, 0.3) is 10.1 Å². The lowest BCUT2D eigenvalue weighted by molar-refractivity contribution is -0.386. The van der Waals surface area contributed by atoms with Gasteiger partial charge in [0.05, 0.1) is 4.92 Å². The third kappa shape index (κ3) is 2.40. The Morgan fingerprint density at radius 2 is 1.59 bits per heavy atom. The Morgan fingerprint density at radius 1 is 0.963 bits per heavy atom. The topological polar surface area (TPSA) is 163 Å². The van der Waals surface area contributed by atoms with Gasteiger partial charge in [-0.1, -0.05) is 24.3 Å². The molecule has 3 N–H and O–H groups in total. The summed E-state index contributed by atoms with van der Waals surface area (Å²) in [6.07, 6.45) is 0. The van der Waals surface area contributed by atoms with E-state index in [1.165, 1.54) is 0 Å². The largest absolute Gasteiger partial charge is 0.505 e. The molecular formula is C16H9N3O7S. The summed E-state index contributed by atoms with van der Waals surface area (Å²) >= 11 is 0. The van der Waals surface area contributed by atoms with Gasteiger partial charge in [-0.25, -0.2) is 0 Å². The molecule has 0 atom stereocenters. The first-order chi connectivity index (χ1) is 12.7. The lowest BCUT2D eigenvalue weighted by atomic mass is 9.93. The fourth-order valence-electron chi connectivity index (χ4n) is 2.99. The Labute approximate surface area is 150 Å². The molecule has 0 radical (unpaired) electrons. The Bertz CT molecular complexity index is 1300. The normalized spacial score (nSPS) is 12.6. The first kappa shape index (κ1) is 16.9. The van der Waals surface area contributed by atoms with E-state index in [1.807, 2.05) is 0 Å². The SMILES string of the molecule is O=[N+]([O-])c1cc(S(=O)(=O)O)cc(-c2c(O)c3c(c4ccccc24)N=N3)c1O. The summed E-state index contributed by atoms with van der Waals surface area (Å²) in [4.78, 5) is 9.45. The van der Waals surface area contributed by atoms with Crippen molar-refractivity contribution in [3.8, 4) is 22.6 Å². The quantitative estimate of drug-likeness (QED) is 0.273. The van der Waals surface area contributed by atoms with Crippen molar-refractivity contribution in [3.05, 3.63) is 46.5 Å². The van der Waals surface area contributed by atoms with Gasteiger partial charge < -0.3 is 10.2 Å². The summed E-state index contributed by atoms with van der Waals surface area (Å²) in [5.74, 6) is -1.28. The van der Waals surface area contributed by atoms with E-state index in [1.54, 1.807) is 24.3 Å². The van der Waals surface area contributed by atoms with Crippen LogP contribution >= 0.6 is 0 Å². The van der Waals surface area contributed by atoms with Crippen molar-refractivity contribution in [3.63, 3.8) is 0 Å². The average molecular weight is 387 g/mol. The summed E-state index contributed by atoms with van der Waals surface area (Å²) < 4.78 is 32.4. The van der Waals surface area contributed by atoms with Gasteiger partial charge in [0.2, 0.25) is 5.75 Å². The number of benzene rings is 3. The van der Waals surface area contributed by atoms with Crippen molar-refractivity contribution in [1.29, 1.82) is 0 Å². The van der Waals surface area contributed by atoms with Crippen molar-refractivity contribution in [2.45, 2.75) is 4.90 Å². The first-order valence-corrected chi connectivity index (χ1v) is 8.83. The summed E-state index contributed by atoms with van der Waals surface area (Å²) in [5.41, 5.74) is -0.813. The summed E-state index contributed by atoms with van der Waals surface area (Å²) in [7, 11) is -4.82. The molecule has 4 rings (SSSR count). The number of phenols is 2. The van der Waals surface area contributed by atoms with E-state index in [4.69, 9.17) is 0 Å². The minimum absolute atomic E-state index is 0.0610. The maximum absolute atomic E-state index is 11.5. The zero-order valence-electron chi connectivity index (χ0n) is 13.2. The van der Waals surface area contributed by atoms with Crippen LogP contribution in [0.25, 0.3) is 21.9 Å². The predicted octanol–water partition coefficient (Wildman–Crippen LogP) is 3.80. The lowest BCUT2D eigenvalue weighted by Gasteiger charge is -2.18. The van der Waals surface area contributed by atoms with Crippen molar-refractivity contribution >= 4 is 38.0 Å². The van der Waals surface area contributed by atoms with E-state index in [9.17, 15) is 33.3 Å². The van der Waals surface area contributed by atoms with Gasteiger partial charge in [-0.3, -0.25) is 14.7 Å². The van der Waals surface area contributed by atoms with Crippen LogP contribution in [0.1, 0.15) is 0 Å². The number of nitro groups is 1. The summed E-state index contributed by atoms with van der Waals surface area (Å²) in [5, 5.41) is 40.7. The zero-order valence-corrected chi connectivity index (χ0v) is 14.0. The molecule has 1 aliphatic heterocycles. The van der Waals surface area contributed by atoms with E-state index < -0.39 is 37.1 Å². The summed E-state index contributed by atoms with van der Waals surface area (Å²) in [6, 6.07) is 7.96. The van der Waals surface area contributed by atoms with Crippen LogP contribution in [0.15, 0.2) is 51.5 Å². The number of rotatable bonds is 3. The molecule has 10 nitrogen and oxygen atoms in total. The molecule has 3 aromatic carbocycles. The molecule has 0 aliphatic carbocycles. The number of nitrogens with zero attached hydrogens (tertiary/aromatic N) is 3. The molecule has 0 aromatic heterocycles. The minimum atomic E-state index is -4.82. The van der Waals surface area contributed by atoms with Gasteiger partial charge in [0.1, 0.15) is 10.6 Å². The molecule has 27 heavy (non-hydrogen) atoms. The minimum Gasteiger partial charge on any atom is -0.505 e. The van der Waals surface area contributed by atoms with Crippen LogP contribution in [-0.2, 0) is 10.1 Å². The van der Waals surface area contributed by atoms with Gasteiger partial charge >= 0.3 is 5.69 Å². The Balaban J connectivity index is 2.18. The van der Waals surface area contributed by atoms with Crippen molar-refractivity contribution in [2.75, 3.05) is 0 Å². The van der Waals surface area contributed by atoms with Crippen LogP contribution in [0.2, 0.25) is 0 Å². The molecule has 0 saturated carbocycles. The lowest BCUT2D eigenvalue weighted by Crippen LogP contribution is -2.01. The standard InChI is InChI=1S/C16H9N3O7S/c20-15-10(5-7(27(24,25)26)6-11(15)19(22)23)12-8-3-1-2-4-9(8)13-14(16(12)21)18-17-13/h1-6,20-21H,(H,24,25,26). The number of phenolic OH excluding ortho intramolecular Hbond substituents is 2. The van der Waals surface area contributed by atoms with E-state index in [-0.39, 0.29) is 16.8 Å². The highest BCUT2D eigenvalue weighted by Gasteiger charge is 2.30. The molecule has 11 heteroatoms.